The number of sulfonamides is 1. The van der Waals surface area contributed by atoms with Crippen LogP contribution in [-0.4, -0.2) is 78.5 Å². The number of thiazole rings is 1. The van der Waals surface area contributed by atoms with Crippen LogP contribution in [0, 0.1) is 0 Å². The molecule has 0 bridgehead atoms. The zero-order chi connectivity index (χ0) is 23.3. The molecule has 0 atom stereocenters. The number of rotatable bonds is 9. The van der Waals surface area contributed by atoms with Crippen molar-refractivity contribution >= 4 is 54.4 Å². The van der Waals surface area contributed by atoms with E-state index in [9.17, 15) is 13.5 Å². The molecule has 3 aromatic rings. The molecule has 10 nitrogen and oxygen atoms in total. The summed E-state index contributed by atoms with van der Waals surface area (Å²) in [6.07, 6.45) is 7.05. The predicted octanol–water partition coefficient (Wildman–Crippen LogP) is 2.23. The van der Waals surface area contributed by atoms with E-state index in [0.717, 1.165) is 9.60 Å². The van der Waals surface area contributed by atoms with E-state index in [0.29, 0.717) is 55.0 Å². The van der Waals surface area contributed by atoms with Crippen LogP contribution in [0.15, 0.2) is 52.2 Å². The van der Waals surface area contributed by atoms with E-state index in [1.807, 2.05) is 6.26 Å². The Bertz CT molecular complexity index is 1220. The second-order valence-electron chi connectivity index (χ2n) is 7.07. The SMILES string of the molecule is CSc1cnc(N/C=C(\CO)CNc2nc3ccc(S(=O)(=O)N4CCOCC4)cc3s2)nc1. The van der Waals surface area contributed by atoms with Gasteiger partial charge in [0.05, 0.1) is 34.9 Å². The van der Waals surface area contributed by atoms with Crippen molar-refractivity contribution in [2.24, 2.45) is 0 Å². The number of hydrogen-bond donors (Lipinski definition) is 3. The fraction of sp³-hybridized carbons (Fsp3) is 0.350. The molecule has 1 aliphatic heterocycles. The first-order valence-electron chi connectivity index (χ1n) is 10.1. The molecule has 4 rings (SSSR count). The number of benzene rings is 1. The molecule has 0 saturated carbocycles. The number of anilines is 2. The van der Waals surface area contributed by atoms with Gasteiger partial charge in [0, 0.05) is 43.1 Å². The zero-order valence-electron chi connectivity index (χ0n) is 17.9. The Labute approximate surface area is 200 Å². The maximum Gasteiger partial charge on any atom is 0.243 e. The van der Waals surface area contributed by atoms with Gasteiger partial charge in [-0.1, -0.05) is 11.3 Å². The number of aromatic nitrogens is 3. The topological polar surface area (TPSA) is 130 Å². The molecule has 3 heterocycles. The number of morpholine rings is 1. The molecular weight excluding hydrogens is 484 g/mol. The van der Waals surface area contributed by atoms with Crippen molar-refractivity contribution < 1.29 is 18.3 Å². The van der Waals surface area contributed by atoms with Crippen LogP contribution in [-0.2, 0) is 14.8 Å². The van der Waals surface area contributed by atoms with Crippen LogP contribution in [0.1, 0.15) is 0 Å². The lowest BCUT2D eigenvalue weighted by Gasteiger charge is -2.25. The van der Waals surface area contributed by atoms with Crippen LogP contribution in [0.5, 0.6) is 0 Å². The third-order valence-corrected chi connectivity index (χ3v) is 8.46. The zero-order valence-corrected chi connectivity index (χ0v) is 20.3. The van der Waals surface area contributed by atoms with Crippen LogP contribution in [0.4, 0.5) is 11.1 Å². The second kappa shape index (κ2) is 10.8. The van der Waals surface area contributed by atoms with E-state index >= 15 is 0 Å². The molecule has 0 spiro atoms. The molecular formula is C20H24N6O4S3. The number of thioether (sulfide) groups is 1. The number of nitrogens with one attached hydrogen (secondary N) is 2. The first-order chi connectivity index (χ1) is 16.0. The minimum atomic E-state index is -3.56. The van der Waals surface area contributed by atoms with E-state index in [2.05, 4.69) is 25.6 Å². The smallest absolute Gasteiger partial charge is 0.243 e. The van der Waals surface area contributed by atoms with E-state index in [1.54, 1.807) is 48.6 Å². The Morgan fingerprint density at radius 1 is 1.30 bits per heavy atom. The van der Waals surface area contributed by atoms with Gasteiger partial charge in [-0.25, -0.2) is 23.4 Å². The van der Waals surface area contributed by atoms with Crippen molar-refractivity contribution in [3.05, 3.63) is 42.4 Å². The average Bonchev–Trinajstić information content (AvgIpc) is 3.27. The summed E-state index contributed by atoms with van der Waals surface area (Å²) in [7, 11) is -3.56. The van der Waals surface area contributed by atoms with E-state index < -0.39 is 10.0 Å². The highest BCUT2D eigenvalue weighted by atomic mass is 32.2. The maximum atomic E-state index is 12.9. The normalized spacial score (nSPS) is 15.6. The quantitative estimate of drug-likeness (QED) is 0.370. The van der Waals surface area contributed by atoms with Crippen molar-refractivity contribution in [2.75, 3.05) is 56.3 Å². The molecule has 3 N–H and O–H groups in total. The fourth-order valence-corrected chi connectivity index (χ4v) is 5.81. The number of nitrogens with zero attached hydrogens (tertiary/aromatic N) is 4. The van der Waals surface area contributed by atoms with Crippen molar-refractivity contribution in [3.63, 3.8) is 0 Å². The van der Waals surface area contributed by atoms with Gasteiger partial charge in [0.2, 0.25) is 16.0 Å². The average molecular weight is 509 g/mol. The van der Waals surface area contributed by atoms with Crippen molar-refractivity contribution in [1.29, 1.82) is 0 Å². The minimum absolute atomic E-state index is 0.157. The van der Waals surface area contributed by atoms with E-state index in [1.165, 1.54) is 15.6 Å². The molecule has 2 aromatic heterocycles. The Kier molecular flexibility index (Phi) is 7.78. The molecule has 0 amide bonds. The van der Waals surface area contributed by atoms with Crippen LogP contribution < -0.4 is 10.6 Å². The van der Waals surface area contributed by atoms with Gasteiger partial charge in [0.15, 0.2) is 5.13 Å². The lowest BCUT2D eigenvalue weighted by molar-refractivity contribution is 0.0730. The van der Waals surface area contributed by atoms with Crippen molar-refractivity contribution in [3.8, 4) is 0 Å². The second-order valence-corrected chi connectivity index (χ2v) is 10.9. The lowest BCUT2D eigenvalue weighted by Crippen LogP contribution is -2.40. The van der Waals surface area contributed by atoms with Gasteiger partial charge in [0.1, 0.15) is 0 Å². The molecule has 13 heteroatoms. The molecule has 176 valence electrons. The standard InChI is InChI=1S/C20H24N6O4S3/c1-31-15-11-22-19(23-12-15)21-9-14(13-27)10-24-20-25-17-3-2-16(8-18(17)32-20)33(28,29)26-4-6-30-7-5-26/h2-3,8-9,11-12,27H,4-7,10,13H2,1H3,(H,24,25)(H,21,22,23)/b14-9-. The summed E-state index contributed by atoms with van der Waals surface area (Å²) in [6, 6.07) is 4.95. The Morgan fingerprint density at radius 2 is 2.06 bits per heavy atom. The first-order valence-corrected chi connectivity index (χ1v) is 13.6. The molecule has 33 heavy (non-hydrogen) atoms. The number of aliphatic hydroxyl groups is 1. The summed E-state index contributed by atoms with van der Waals surface area (Å²) in [5.74, 6) is 0.438. The number of hydrogen-bond acceptors (Lipinski definition) is 11. The van der Waals surface area contributed by atoms with Crippen molar-refractivity contribution in [1.82, 2.24) is 19.3 Å². The van der Waals surface area contributed by atoms with Crippen molar-refractivity contribution in [2.45, 2.75) is 9.79 Å². The predicted molar refractivity (Wildman–Crippen MR) is 130 cm³/mol. The molecule has 0 unspecified atom stereocenters. The third kappa shape index (κ3) is 5.80. The Hall–Kier alpha value is -2.29. The highest BCUT2D eigenvalue weighted by molar-refractivity contribution is 7.98. The minimum Gasteiger partial charge on any atom is -0.392 e. The highest BCUT2D eigenvalue weighted by Gasteiger charge is 2.26. The monoisotopic (exact) mass is 508 g/mol. The molecule has 0 radical (unpaired) electrons. The molecule has 1 fully saturated rings. The summed E-state index contributed by atoms with van der Waals surface area (Å²) >= 11 is 2.92. The Balaban J connectivity index is 1.42. The molecule has 1 saturated heterocycles. The molecule has 0 aliphatic carbocycles. The van der Waals surface area contributed by atoms with Gasteiger partial charge in [-0.05, 0) is 30.0 Å². The summed E-state index contributed by atoms with van der Waals surface area (Å²) in [5.41, 5.74) is 1.39. The van der Waals surface area contributed by atoms with E-state index in [4.69, 9.17) is 4.74 Å². The first kappa shape index (κ1) is 23.9. The number of fused-ring (bicyclic) bond motifs is 1. The van der Waals surface area contributed by atoms with Crippen LogP contribution in [0.2, 0.25) is 0 Å². The van der Waals surface area contributed by atoms with Crippen LogP contribution in [0.25, 0.3) is 10.2 Å². The summed E-state index contributed by atoms with van der Waals surface area (Å²) < 4.78 is 33.3. The third-order valence-electron chi connectivity index (χ3n) is 4.91. The van der Waals surface area contributed by atoms with Gasteiger partial charge in [-0.2, -0.15) is 4.31 Å². The Morgan fingerprint density at radius 3 is 2.76 bits per heavy atom. The molecule has 1 aromatic carbocycles. The summed E-state index contributed by atoms with van der Waals surface area (Å²) in [6.45, 7) is 1.71. The van der Waals surface area contributed by atoms with E-state index in [-0.39, 0.29) is 11.5 Å². The number of aliphatic hydroxyl groups excluding tert-OH is 1. The molecule has 1 aliphatic rings. The van der Waals surface area contributed by atoms with Crippen LogP contribution >= 0.6 is 23.1 Å². The van der Waals surface area contributed by atoms with Gasteiger partial charge < -0.3 is 20.5 Å². The summed E-state index contributed by atoms with van der Waals surface area (Å²) in [5, 5.41) is 16.4. The van der Waals surface area contributed by atoms with Gasteiger partial charge >= 0.3 is 0 Å². The van der Waals surface area contributed by atoms with Crippen LogP contribution in [0.3, 0.4) is 0 Å². The highest BCUT2D eigenvalue weighted by Crippen LogP contribution is 2.29. The maximum absolute atomic E-state index is 12.9. The lowest BCUT2D eigenvalue weighted by atomic mass is 10.3. The summed E-state index contributed by atoms with van der Waals surface area (Å²) in [4.78, 5) is 14.1. The van der Waals surface area contributed by atoms with Gasteiger partial charge in [-0.3, -0.25) is 0 Å². The fourth-order valence-electron chi connectivity index (χ4n) is 3.08. The largest absolute Gasteiger partial charge is 0.392 e. The van der Waals surface area contributed by atoms with Gasteiger partial charge in [-0.15, -0.1) is 11.8 Å². The number of ether oxygens (including phenoxy) is 1. The van der Waals surface area contributed by atoms with Gasteiger partial charge in [0.25, 0.3) is 0 Å².